The summed E-state index contributed by atoms with van der Waals surface area (Å²) in [7, 11) is 0. The van der Waals surface area contributed by atoms with E-state index < -0.39 is 0 Å². The Balaban J connectivity index is 1.59. The molecule has 24 heavy (non-hydrogen) atoms. The fourth-order valence-electron chi connectivity index (χ4n) is 2.76. The van der Waals surface area contributed by atoms with Crippen molar-refractivity contribution in [1.29, 1.82) is 0 Å². The monoisotopic (exact) mass is 350 g/mol. The maximum absolute atomic E-state index is 12.1. The second kappa shape index (κ2) is 11.4. The molecule has 0 bridgehead atoms. The van der Waals surface area contributed by atoms with Crippen molar-refractivity contribution in [3.63, 3.8) is 0 Å². The van der Waals surface area contributed by atoms with Crippen molar-refractivity contribution in [1.82, 2.24) is 9.62 Å². The molecule has 0 spiro atoms. The summed E-state index contributed by atoms with van der Waals surface area (Å²) in [5.74, 6) is 1.76. The van der Waals surface area contributed by atoms with Gasteiger partial charge in [0.2, 0.25) is 0 Å². The number of ether oxygens (including phenoxy) is 1. The van der Waals surface area contributed by atoms with Gasteiger partial charge < -0.3 is 9.64 Å². The number of benzene rings is 1. The van der Waals surface area contributed by atoms with E-state index in [-0.39, 0.29) is 5.91 Å². The van der Waals surface area contributed by atoms with Gasteiger partial charge in [-0.1, -0.05) is 31.7 Å². The zero-order valence-electron chi connectivity index (χ0n) is 14.8. The minimum Gasteiger partial charge on any atom is -0.494 e. The average molecular weight is 351 g/mol. The lowest BCUT2D eigenvalue weighted by molar-refractivity contribution is 0.0984. The predicted octanol–water partition coefficient (Wildman–Crippen LogP) is 4.12. The van der Waals surface area contributed by atoms with Gasteiger partial charge in [0.25, 0.3) is 5.91 Å². The Morgan fingerprint density at radius 1 is 1.17 bits per heavy atom. The van der Waals surface area contributed by atoms with Crippen molar-refractivity contribution >= 4 is 17.9 Å². The molecular weight excluding hydrogens is 320 g/mol. The summed E-state index contributed by atoms with van der Waals surface area (Å²) >= 11 is 1.51. The molecule has 1 aliphatic rings. The largest absolute Gasteiger partial charge is 0.494 e. The molecule has 1 aliphatic heterocycles. The fraction of sp³-hybridized carbons (Fsp3) is 0.632. The standard InChI is InChI=1S/C19H30N2O2S/c1-2-3-15-23-18-10-8-17(9-11-18)19(22)20-24-16-7-14-21-12-5-4-6-13-21/h8-11H,2-7,12-16H2,1H3,(H,20,22). The lowest BCUT2D eigenvalue weighted by Gasteiger charge is -2.26. The molecule has 1 saturated heterocycles. The second-order valence-corrected chi connectivity index (χ2v) is 7.16. The number of rotatable bonds is 10. The summed E-state index contributed by atoms with van der Waals surface area (Å²) in [4.78, 5) is 14.6. The first-order valence-electron chi connectivity index (χ1n) is 9.17. The summed E-state index contributed by atoms with van der Waals surface area (Å²) in [6, 6.07) is 7.38. The Labute approximate surface area is 150 Å². The molecule has 0 aliphatic carbocycles. The minimum absolute atomic E-state index is 0.0296. The van der Waals surface area contributed by atoms with Crippen LogP contribution in [-0.4, -0.2) is 42.8 Å². The first kappa shape index (κ1) is 19.1. The van der Waals surface area contributed by atoms with Crippen molar-refractivity contribution in [3.05, 3.63) is 29.8 Å². The van der Waals surface area contributed by atoms with Crippen LogP contribution in [0.3, 0.4) is 0 Å². The number of unbranched alkanes of at least 4 members (excludes halogenated alkanes) is 1. The zero-order valence-corrected chi connectivity index (χ0v) is 15.6. The highest BCUT2D eigenvalue weighted by atomic mass is 32.2. The molecule has 0 radical (unpaired) electrons. The van der Waals surface area contributed by atoms with E-state index in [9.17, 15) is 4.79 Å². The first-order valence-corrected chi connectivity index (χ1v) is 10.2. The summed E-state index contributed by atoms with van der Waals surface area (Å²) in [5, 5.41) is 0. The van der Waals surface area contributed by atoms with Crippen LogP contribution in [0.1, 0.15) is 55.8 Å². The smallest absolute Gasteiger partial charge is 0.261 e. The third-order valence-electron chi connectivity index (χ3n) is 4.22. The van der Waals surface area contributed by atoms with Gasteiger partial charge in [-0.2, -0.15) is 0 Å². The van der Waals surface area contributed by atoms with Crippen LogP contribution in [0.2, 0.25) is 0 Å². The molecule has 0 unspecified atom stereocenters. The summed E-state index contributed by atoms with van der Waals surface area (Å²) in [6.45, 7) is 6.50. The quantitative estimate of drug-likeness (QED) is 0.509. The highest BCUT2D eigenvalue weighted by Crippen LogP contribution is 2.14. The Morgan fingerprint density at radius 2 is 1.92 bits per heavy atom. The lowest BCUT2D eigenvalue weighted by Crippen LogP contribution is -2.31. The van der Waals surface area contributed by atoms with E-state index in [0.29, 0.717) is 5.56 Å². The first-order chi connectivity index (χ1) is 11.8. The molecular formula is C19H30N2O2S. The molecule has 1 amide bonds. The number of nitrogens with one attached hydrogen (secondary N) is 1. The van der Waals surface area contributed by atoms with E-state index >= 15 is 0 Å². The third-order valence-corrected chi connectivity index (χ3v) is 5.04. The number of likely N-dealkylation sites (tertiary alicyclic amines) is 1. The number of carbonyl (C=O) groups is 1. The number of hydrogen-bond donors (Lipinski definition) is 1. The zero-order chi connectivity index (χ0) is 17.0. The highest BCUT2D eigenvalue weighted by Gasteiger charge is 2.09. The van der Waals surface area contributed by atoms with Gasteiger partial charge in [0.15, 0.2) is 0 Å². The SMILES string of the molecule is CCCCOc1ccc(C(=O)NSCCCN2CCCCC2)cc1. The second-order valence-electron chi connectivity index (χ2n) is 6.26. The Kier molecular flexibility index (Phi) is 9.06. The number of amides is 1. The van der Waals surface area contributed by atoms with Gasteiger partial charge in [0, 0.05) is 11.3 Å². The topological polar surface area (TPSA) is 41.6 Å². The molecule has 1 heterocycles. The van der Waals surface area contributed by atoms with E-state index in [4.69, 9.17) is 4.74 Å². The molecule has 1 aromatic carbocycles. The normalized spacial score (nSPS) is 15.2. The molecule has 134 valence electrons. The molecule has 0 aromatic heterocycles. The van der Waals surface area contributed by atoms with Crippen LogP contribution in [0.15, 0.2) is 24.3 Å². The molecule has 2 rings (SSSR count). The van der Waals surface area contributed by atoms with E-state index in [1.807, 2.05) is 24.3 Å². The van der Waals surface area contributed by atoms with Gasteiger partial charge in [0.05, 0.1) is 6.61 Å². The Bertz CT molecular complexity index is 473. The average Bonchev–Trinajstić information content (AvgIpc) is 2.63. The lowest BCUT2D eigenvalue weighted by atomic mass is 10.1. The summed E-state index contributed by atoms with van der Waals surface area (Å²) in [6.07, 6.45) is 7.34. The van der Waals surface area contributed by atoms with Crippen LogP contribution >= 0.6 is 11.9 Å². The Morgan fingerprint density at radius 3 is 2.62 bits per heavy atom. The molecule has 5 heteroatoms. The van der Waals surface area contributed by atoms with Gasteiger partial charge in [0.1, 0.15) is 5.75 Å². The van der Waals surface area contributed by atoms with Gasteiger partial charge in [-0.05, 0) is 69.6 Å². The predicted molar refractivity (Wildman–Crippen MR) is 102 cm³/mol. The van der Waals surface area contributed by atoms with Crippen molar-refractivity contribution in [2.24, 2.45) is 0 Å². The molecule has 4 nitrogen and oxygen atoms in total. The molecule has 0 atom stereocenters. The summed E-state index contributed by atoms with van der Waals surface area (Å²) in [5.41, 5.74) is 0.682. The van der Waals surface area contributed by atoms with Crippen LogP contribution < -0.4 is 9.46 Å². The third kappa shape index (κ3) is 7.14. The molecule has 0 saturated carbocycles. The fourth-order valence-corrected chi connectivity index (χ4v) is 3.38. The van der Waals surface area contributed by atoms with Gasteiger partial charge in [-0.15, -0.1) is 0 Å². The number of piperidine rings is 1. The van der Waals surface area contributed by atoms with Crippen LogP contribution in [0.4, 0.5) is 0 Å². The van der Waals surface area contributed by atoms with E-state index in [0.717, 1.165) is 43.9 Å². The maximum Gasteiger partial charge on any atom is 0.261 e. The van der Waals surface area contributed by atoms with Crippen molar-refractivity contribution in [2.45, 2.75) is 45.4 Å². The van der Waals surface area contributed by atoms with Gasteiger partial charge in [-0.3, -0.25) is 9.52 Å². The minimum atomic E-state index is -0.0296. The molecule has 1 fully saturated rings. The molecule has 1 aromatic rings. The van der Waals surface area contributed by atoms with Crippen molar-refractivity contribution in [3.8, 4) is 5.75 Å². The van der Waals surface area contributed by atoms with Crippen LogP contribution in [0.25, 0.3) is 0 Å². The van der Waals surface area contributed by atoms with Gasteiger partial charge >= 0.3 is 0 Å². The summed E-state index contributed by atoms with van der Waals surface area (Å²) < 4.78 is 8.54. The van der Waals surface area contributed by atoms with Crippen molar-refractivity contribution < 1.29 is 9.53 Å². The van der Waals surface area contributed by atoms with Crippen LogP contribution in [0, 0.1) is 0 Å². The van der Waals surface area contributed by atoms with Crippen molar-refractivity contribution in [2.75, 3.05) is 32.0 Å². The Hall–Kier alpha value is -1.20. The number of nitrogens with zero attached hydrogens (tertiary/aromatic N) is 1. The van der Waals surface area contributed by atoms with Crippen LogP contribution in [-0.2, 0) is 0 Å². The van der Waals surface area contributed by atoms with E-state index in [2.05, 4.69) is 16.5 Å². The number of carbonyl (C=O) groups excluding carboxylic acids is 1. The maximum atomic E-state index is 12.1. The number of hydrogen-bond acceptors (Lipinski definition) is 4. The van der Waals surface area contributed by atoms with Gasteiger partial charge in [-0.25, -0.2) is 0 Å². The van der Waals surface area contributed by atoms with E-state index in [1.54, 1.807) is 0 Å². The van der Waals surface area contributed by atoms with Crippen LogP contribution in [0.5, 0.6) is 5.75 Å². The van der Waals surface area contributed by atoms with E-state index in [1.165, 1.54) is 44.3 Å². The molecule has 1 N–H and O–H groups in total. The highest BCUT2D eigenvalue weighted by molar-refractivity contribution is 7.97.